The maximum Gasteiger partial charge on any atom is 0.243 e. The molecule has 5 heteroatoms. The molecule has 1 saturated heterocycles. The SMILES string of the molecule is CCCC1SCC(C(=O)NCc2ccccc2)N1C(=O)C1CC1. The van der Waals surface area contributed by atoms with Crippen LogP contribution >= 0.6 is 11.8 Å². The van der Waals surface area contributed by atoms with Crippen LogP contribution in [0.2, 0.25) is 0 Å². The maximum absolute atomic E-state index is 12.6. The summed E-state index contributed by atoms with van der Waals surface area (Å²) in [7, 11) is 0. The number of nitrogens with one attached hydrogen (secondary N) is 1. The molecule has 23 heavy (non-hydrogen) atoms. The Morgan fingerprint density at radius 1 is 1.26 bits per heavy atom. The summed E-state index contributed by atoms with van der Waals surface area (Å²) in [5.74, 6) is 1.05. The highest BCUT2D eigenvalue weighted by Crippen LogP contribution is 2.39. The van der Waals surface area contributed by atoms with Gasteiger partial charge in [0.1, 0.15) is 6.04 Å². The van der Waals surface area contributed by atoms with E-state index in [9.17, 15) is 9.59 Å². The average Bonchev–Trinajstić information content (AvgIpc) is 3.34. The van der Waals surface area contributed by atoms with E-state index < -0.39 is 0 Å². The van der Waals surface area contributed by atoms with Crippen LogP contribution in [-0.4, -0.2) is 33.9 Å². The predicted molar refractivity (Wildman–Crippen MR) is 92.8 cm³/mol. The molecule has 1 saturated carbocycles. The molecule has 0 bridgehead atoms. The molecule has 2 aliphatic rings. The van der Waals surface area contributed by atoms with Gasteiger partial charge in [-0.05, 0) is 24.8 Å². The molecule has 2 fully saturated rings. The van der Waals surface area contributed by atoms with E-state index in [4.69, 9.17) is 0 Å². The van der Waals surface area contributed by atoms with E-state index in [0.717, 1.165) is 31.2 Å². The first-order valence-corrected chi connectivity index (χ1v) is 9.51. The Morgan fingerprint density at radius 2 is 2.00 bits per heavy atom. The average molecular weight is 332 g/mol. The highest BCUT2D eigenvalue weighted by Gasteiger charge is 2.45. The van der Waals surface area contributed by atoms with Gasteiger partial charge in [0.05, 0.1) is 5.37 Å². The molecule has 2 atom stereocenters. The van der Waals surface area contributed by atoms with Crippen molar-refractivity contribution in [3.05, 3.63) is 35.9 Å². The number of rotatable bonds is 6. The van der Waals surface area contributed by atoms with Crippen LogP contribution in [0.1, 0.15) is 38.2 Å². The Kier molecular flexibility index (Phi) is 5.26. The van der Waals surface area contributed by atoms with Crippen molar-refractivity contribution in [2.75, 3.05) is 5.75 Å². The molecule has 0 spiro atoms. The van der Waals surface area contributed by atoms with Gasteiger partial charge in [-0.2, -0.15) is 0 Å². The van der Waals surface area contributed by atoms with Crippen molar-refractivity contribution in [1.82, 2.24) is 10.2 Å². The number of hydrogen-bond acceptors (Lipinski definition) is 3. The Hall–Kier alpha value is -1.49. The number of benzene rings is 1. The van der Waals surface area contributed by atoms with Crippen LogP contribution < -0.4 is 5.32 Å². The number of amides is 2. The molecule has 4 nitrogen and oxygen atoms in total. The molecular formula is C18H24N2O2S. The molecule has 1 aromatic carbocycles. The lowest BCUT2D eigenvalue weighted by atomic mass is 10.2. The van der Waals surface area contributed by atoms with Gasteiger partial charge in [-0.3, -0.25) is 9.59 Å². The standard InChI is InChI=1S/C18H24N2O2S/c1-2-6-16-20(18(22)14-9-10-14)15(12-23-16)17(21)19-11-13-7-4-3-5-8-13/h3-5,7-8,14-16H,2,6,9-12H2,1H3,(H,19,21). The topological polar surface area (TPSA) is 49.4 Å². The van der Waals surface area contributed by atoms with Crippen molar-refractivity contribution in [2.24, 2.45) is 5.92 Å². The van der Waals surface area contributed by atoms with Crippen LogP contribution in [0.3, 0.4) is 0 Å². The van der Waals surface area contributed by atoms with Gasteiger partial charge in [0, 0.05) is 18.2 Å². The molecule has 0 aromatic heterocycles. The minimum atomic E-state index is -0.312. The summed E-state index contributed by atoms with van der Waals surface area (Å²) < 4.78 is 0. The molecule has 2 unspecified atom stereocenters. The van der Waals surface area contributed by atoms with E-state index in [1.807, 2.05) is 35.2 Å². The number of hydrogen-bond donors (Lipinski definition) is 1. The van der Waals surface area contributed by atoms with Crippen LogP contribution in [0.25, 0.3) is 0 Å². The second kappa shape index (κ2) is 7.39. The smallest absolute Gasteiger partial charge is 0.243 e. The van der Waals surface area contributed by atoms with E-state index in [2.05, 4.69) is 12.2 Å². The molecule has 2 amide bonds. The molecule has 0 radical (unpaired) electrons. The first-order chi connectivity index (χ1) is 11.2. The van der Waals surface area contributed by atoms with Gasteiger partial charge < -0.3 is 10.2 Å². The number of thioether (sulfide) groups is 1. The molecule has 124 valence electrons. The largest absolute Gasteiger partial charge is 0.350 e. The van der Waals surface area contributed by atoms with Crippen molar-refractivity contribution < 1.29 is 9.59 Å². The van der Waals surface area contributed by atoms with Crippen molar-refractivity contribution in [1.29, 1.82) is 0 Å². The molecule has 1 aliphatic heterocycles. The lowest BCUT2D eigenvalue weighted by Crippen LogP contribution is -2.50. The van der Waals surface area contributed by atoms with Crippen LogP contribution in [0.15, 0.2) is 30.3 Å². The molecule has 1 aromatic rings. The summed E-state index contributed by atoms with van der Waals surface area (Å²) in [5.41, 5.74) is 1.08. The zero-order valence-corrected chi connectivity index (χ0v) is 14.3. The highest BCUT2D eigenvalue weighted by atomic mass is 32.2. The van der Waals surface area contributed by atoms with E-state index in [-0.39, 0.29) is 29.1 Å². The summed E-state index contributed by atoms with van der Waals surface area (Å²) in [6, 6.07) is 9.58. The van der Waals surface area contributed by atoms with Crippen LogP contribution in [0, 0.1) is 5.92 Å². The summed E-state index contributed by atoms with van der Waals surface area (Å²) in [5, 5.41) is 3.17. The van der Waals surface area contributed by atoms with E-state index in [0.29, 0.717) is 12.3 Å². The number of carbonyl (C=O) groups excluding carboxylic acids is 2. The fourth-order valence-electron chi connectivity index (χ4n) is 2.97. The van der Waals surface area contributed by atoms with Crippen LogP contribution in [-0.2, 0) is 16.1 Å². The minimum absolute atomic E-state index is 0.0195. The maximum atomic E-state index is 12.6. The van der Waals surface area contributed by atoms with Gasteiger partial charge in [0.15, 0.2) is 0 Å². The minimum Gasteiger partial charge on any atom is -0.350 e. The monoisotopic (exact) mass is 332 g/mol. The third-order valence-electron chi connectivity index (χ3n) is 4.42. The quantitative estimate of drug-likeness (QED) is 0.871. The third kappa shape index (κ3) is 3.89. The Bertz CT molecular complexity index is 559. The first-order valence-electron chi connectivity index (χ1n) is 8.46. The van der Waals surface area contributed by atoms with Gasteiger partial charge in [-0.1, -0.05) is 43.7 Å². The Morgan fingerprint density at radius 3 is 2.65 bits per heavy atom. The van der Waals surface area contributed by atoms with Crippen molar-refractivity contribution in [2.45, 2.75) is 50.6 Å². The molecular weight excluding hydrogens is 308 g/mol. The lowest BCUT2D eigenvalue weighted by Gasteiger charge is -2.29. The summed E-state index contributed by atoms with van der Waals surface area (Å²) in [4.78, 5) is 27.1. The highest BCUT2D eigenvalue weighted by molar-refractivity contribution is 8.00. The Balaban J connectivity index is 1.64. The molecule has 1 aliphatic carbocycles. The van der Waals surface area contributed by atoms with E-state index in [1.54, 1.807) is 11.8 Å². The van der Waals surface area contributed by atoms with Crippen molar-refractivity contribution >= 4 is 23.6 Å². The fourth-order valence-corrected chi connectivity index (χ4v) is 4.50. The number of carbonyl (C=O) groups is 2. The Labute approximate surface area is 142 Å². The summed E-state index contributed by atoms with van der Waals surface area (Å²) in [6.07, 6.45) is 3.96. The second-order valence-electron chi connectivity index (χ2n) is 6.32. The molecule has 1 heterocycles. The summed E-state index contributed by atoms with van der Waals surface area (Å²) >= 11 is 1.75. The summed E-state index contributed by atoms with van der Waals surface area (Å²) in [6.45, 7) is 2.65. The lowest BCUT2D eigenvalue weighted by molar-refractivity contribution is -0.140. The van der Waals surface area contributed by atoms with Crippen LogP contribution in [0.4, 0.5) is 0 Å². The van der Waals surface area contributed by atoms with Gasteiger partial charge in [0.25, 0.3) is 0 Å². The van der Waals surface area contributed by atoms with Gasteiger partial charge in [-0.15, -0.1) is 11.8 Å². The fraction of sp³-hybridized carbons (Fsp3) is 0.556. The normalized spacial score (nSPS) is 23.8. The third-order valence-corrected chi connectivity index (χ3v) is 5.78. The second-order valence-corrected chi connectivity index (χ2v) is 7.53. The van der Waals surface area contributed by atoms with Gasteiger partial charge in [0.2, 0.25) is 11.8 Å². The van der Waals surface area contributed by atoms with Crippen molar-refractivity contribution in [3.63, 3.8) is 0 Å². The van der Waals surface area contributed by atoms with Gasteiger partial charge >= 0.3 is 0 Å². The van der Waals surface area contributed by atoms with Crippen molar-refractivity contribution in [3.8, 4) is 0 Å². The zero-order chi connectivity index (χ0) is 16.2. The molecule has 3 rings (SSSR count). The predicted octanol–water partition coefficient (Wildman–Crippen LogP) is 2.78. The molecule has 1 N–H and O–H groups in total. The van der Waals surface area contributed by atoms with E-state index >= 15 is 0 Å². The number of nitrogens with zero attached hydrogens (tertiary/aromatic N) is 1. The first kappa shape index (κ1) is 16.4. The van der Waals surface area contributed by atoms with E-state index in [1.165, 1.54) is 0 Å². The van der Waals surface area contributed by atoms with Gasteiger partial charge in [-0.25, -0.2) is 0 Å². The zero-order valence-electron chi connectivity index (χ0n) is 13.5. The van der Waals surface area contributed by atoms with Crippen LogP contribution in [0.5, 0.6) is 0 Å².